The molecule has 2 heteroatoms. The first-order valence-corrected chi connectivity index (χ1v) is 10.4. The third-order valence-electron chi connectivity index (χ3n) is 4.84. The summed E-state index contributed by atoms with van der Waals surface area (Å²) in [6.07, 6.45) is 1.75. The van der Waals surface area contributed by atoms with Gasteiger partial charge < -0.3 is 0 Å². The molecule has 0 aliphatic carbocycles. The number of rotatable bonds is 6. The number of Topliss-reactive ketones (excluding diaryl/α,β-unsaturated/α-hetero) is 1. The predicted octanol–water partition coefficient (Wildman–Crippen LogP) is 3.66. The lowest BCUT2D eigenvalue weighted by Gasteiger charge is -2.35. The van der Waals surface area contributed by atoms with Gasteiger partial charge in [-0.25, -0.2) is 0 Å². The third-order valence-corrected chi connectivity index (χ3v) is 9.92. The van der Waals surface area contributed by atoms with Crippen molar-refractivity contribution in [3.05, 3.63) is 73.3 Å². The van der Waals surface area contributed by atoms with Crippen molar-refractivity contribution in [3.8, 4) is 0 Å². The van der Waals surface area contributed by atoms with Gasteiger partial charge in [0, 0.05) is 11.5 Å². The van der Waals surface area contributed by atoms with Crippen LogP contribution < -0.4 is 10.4 Å². The number of hydrogen-bond donors (Lipinski definition) is 0. The van der Waals surface area contributed by atoms with Crippen LogP contribution in [0.2, 0.25) is 12.1 Å². The van der Waals surface area contributed by atoms with E-state index in [1.54, 1.807) is 6.08 Å². The fraction of sp³-hybridized carbons (Fsp3) is 0.250. The van der Waals surface area contributed by atoms with Gasteiger partial charge in [0.15, 0.2) is 0 Å². The van der Waals surface area contributed by atoms with Crippen molar-refractivity contribution in [2.75, 3.05) is 0 Å². The molecule has 0 heterocycles. The van der Waals surface area contributed by atoms with E-state index in [1.807, 2.05) is 19.1 Å². The van der Waals surface area contributed by atoms with Crippen LogP contribution in [-0.2, 0) is 4.79 Å². The Morgan fingerprint density at radius 2 is 1.36 bits per heavy atom. The number of ketones is 1. The average molecular weight is 308 g/mol. The second kappa shape index (κ2) is 6.88. The van der Waals surface area contributed by atoms with E-state index >= 15 is 0 Å². The number of carbonyl (C=O) groups excluding carboxylic acids is 1. The van der Waals surface area contributed by atoms with Crippen LogP contribution >= 0.6 is 0 Å². The van der Waals surface area contributed by atoms with Crippen LogP contribution in [-0.4, -0.2) is 13.9 Å². The molecule has 2 aromatic rings. The molecule has 0 amide bonds. The van der Waals surface area contributed by atoms with Crippen molar-refractivity contribution >= 4 is 24.2 Å². The molecule has 22 heavy (non-hydrogen) atoms. The highest BCUT2D eigenvalue weighted by Crippen LogP contribution is 2.26. The van der Waals surface area contributed by atoms with Gasteiger partial charge >= 0.3 is 0 Å². The lowest BCUT2D eigenvalue weighted by molar-refractivity contribution is -0.120. The first kappa shape index (κ1) is 16.4. The maximum atomic E-state index is 12.8. The van der Waals surface area contributed by atoms with Crippen molar-refractivity contribution in [2.24, 2.45) is 5.92 Å². The van der Waals surface area contributed by atoms with Crippen LogP contribution in [0.25, 0.3) is 0 Å². The van der Waals surface area contributed by atoms with Crippen LogP contribution in [0.4, 0.5) is 0 Å². The van der Waals surface area contributed by atoms with Crippen molar-refractivity contribution in [1.29, 1.82) is 0 Å². The Bertz CT molecular complexity index is 594. The van der Waals surface area contributed by atoms with E-state index in [-0.39, 0.29) is 17.2 Å². The summed E-state index contributed by atoms with van der Waals surface area (Å²) in [6.45, 7) is 10.1. The van der Waals surface area contributed by atoms with Gasteiger partial charge in [-0.3, -0.25) is 4.79 Å². The molecule has 0 saturated heterocycles. The molecule has 0 saturated carbocycles. The Labute approximate surface area is 134 Å². The average Bonchev–Trinajstić information content (AvgIpc) is 2.60. The Balaban J connectivity index is 2.56. The van der Waals surface area contributed by atoms with E-state index in [9.17, 15) is 4.79 Å². The Morgan fingerprint density at radius 1 is 0.955 bits per heavy atom. The van der Waals surface area contributed by atoms with Gasteiger partial charge in [0.05, 0.1) is 0 Å². The fourth-order valence-corrected chi connectivity index (χ4v) is 6.97. The molecular formula is C20H24OSi. The summed E-state index contributed by atoms with van der Waals surface area (Å²) < 4.78 is 0. The lowest BCUT2D eigenvalue weighted by atomic mass is 10.1. The zero-order chi connectivity index (χ0) is 16.2. The molecule has 2 unspecified atom stereocenters. The Hall–Kier alpha value is -1.93. The highest BCUT2D eigenvalue weighted by Gasteiger charge is 2.41. The van der Waals surface area contributed by atoms with Gasteiger partial charge in [0.25, 0.3) is 0 Å². The van der Waals surface area contributed by atoms with Crippen molar-refractivity contribution in [3.63, 3.8) is 0 Å². The molecule has 114 valence electrons. The van der Waals surface area contributed by atoms with Crippen LogP contribution in [0.3, 0.4) is 0 Å². The van der Waals surface area contributed by atoms with Crippen LogP contribution in [0, 0.1) is 5.92 Å². The minimum absolute atomic E-state index is 0.00491. The molecule has 0 aromatic heterocycles. The molecule has 1 nitrogen and oxygen atoms in total. The molecule has 2 aromatic carbocycles. The number of carbonyl (C=O) groups is 1. The first-order valence-electron chi connectivity index (χ1n) is 7.79. The monoisotopic (exact) mass is 308 g/mol. The summed E-state index contributed by atoms with van der Waals surface area (Å²) in [5.41, 5.74) is 0.00491. The van der Waals surface area contributed by atoms with E-state index in [0.717, 1.165) is 0 Å². The smallest absolute Gasteiger partial charge is 0.140 e. The summed E-state index contributed by atoms with van der Waals surface area (Å²) in [5, 5.41) is 2.61. The quantitative estimate of drug-likeness (QED) is 0.588. The maximum Gasteiger partial charge on any atom is 0.140 e. The molecule has 0 bridgehead atoms. The van der Waals surface area contributed by atoms with E-state index in [4.69, 9.17) is 0 Å². The van der Waals surface area contributed by atoms with E-state index in [2.05, 4.69) is 68.6 Å². The molecule has 0 fully saturated rings. The van der Waals surface area contributed by atoms with Gasteiger partial charge in [-0.05, 0) is 0 Å². The molecule has 0 aliphatic rings. The normalized spacial score (nSPS) is 14.1. The molecule has 2 rings (SSSR count). The van der Waals surface area contributed by atoms with Gasteiger partial charge in [-0.2, -0.15) is 0 Å². The molecule has 0 spiro atoms. The summed E-state index contributed by atoms with van der Waals surface area (Å²) in [4.78, 5) is 12.8. The number of hydrogen-bond acceptors (Lipinski definition) is 1. The third kappa shape index (κ3) is 2.97. The second-order valence-electron chi connectivity index (χ2n) is 6.08. The van der Waals surface area contributed by atoms with Crippen LogP contribution in [0.15, 0.2) is 73.3 Å². The topological polar surface area (TPSA) is 17.1 Å². The van der Waals surface area contributed by atoms with Crippen molar-refractivity contribution in [1.82, 2.24) is 0 Å². The summed E-state index contributed by atoms with van der Waals surface area (Å²) in [6, 6.07) is 21.0. The summed E-state index contributed by atoms with van der Waals surface area (Å²) in [7, 11) is -2.14. The first-order chi connectivity index (χ1) is 10.5. The fourth-order valence-electron chi connectivity index (χ4n) is 3.03. The molecular weight excluding hydrogens is 284 g/mol. The number of benzene rings is 2. The highest BCUT2D eigenvalue weighted by molar-refractivity contribution is 7.04. The zero-order valence-electron chi connectivity index (χ0n) is 13.6. The van der Waals surface area contributed by atoms with Crippen molar-refractivity contribution < 1.29 is 4.79 Å². The van der Waals surface area contributed by atoms with E-state index in [1.165, 1.54) is 10.4 Å². The highest BCUT2D eigenvalue weighted by atomic mass is 28.3. The van der Waals surface area contributed by atoms with Crippen molar-refractivity contribution in [2.45, 2.75) is 25.9 Å². The Kier molecular flexibility index (Phi) is 5.14. The Morgan fingerprint density at radius 3 is 1.73 bits per heavy atom. The van der Waals surface area contributed by atoms with Gasteiger partial charge in [-0.1, -0.05) is 97.5 Å². The SMILES string of the molecule is C=CC(C)C(=O)C(C)[Si](C)(c1ccccc1)c1ccccc1. The molecule has 0 N–H and O–H groups in total. The van der Waals surface area contributed by atoms with Gasteiger partial charge in [0.1, 0.15) is 13.9 Å². The predicted molar refractivity (Wildman–Crippen MR) is 97.6 cm³/mol. The van der Waals surface area contributed by atoms with Gasteiger partial charge in [0.2, 0.25) is 0 Å². The summed E-state index contributed by atoms with van der Waals surface area (Å²) in [5.74, 6) is 0.186. The maximum absolute atomic E-state index is 12.8. The zero-order valence-corrected chi connectivity index (χ0v) is 14.6. The van der Waals surface area contributed by atoms with Gasteiger partial charge in [-0.15, -0.1) is 6.58 Å². The van der Waals surface area contributed by atoms with E-state index < -0.39 is 8.07 Å². The minimum atomic E-state index is -2.14. The summed E-state index contributed by atoms with van der Waals surface area (Å²) >= 11 is 0. The van der Waals surface area contributed by atoms with Crippen LogP contribution in [0.1, 0.15) is 13.8 Å². The second-order valence-corrected chi connectivity index (χ2v) is 10.5. The van der Waals surface area contributed by atoms with Crippen LogP contribution in [0.5, 0.6) is 0 Å². The molecule has 2 atom stereocenters. The molecule has 0 aliphatic heterocycles. The standard InChI is InChI=1S/C20H24OSi/c1-5-16(2)20(21)17(3)22(4,18-12-8-6-9-13-18)19-14-10-7-11-15-19/h5-17H,1H2,2-4H3. The number of allylic oxidation sites excluding steroid dienone is 1. The van der Waals surface area contributed by atoms with E-state index in [0.29, 0.717) is 0 Å². The minimum Gasteiger partial charge on any atom is -0.299 e. The molecule has 0 radical (unpaired) electrons. The largest absolute Gasteiger partial charge is 0.299 e. The lowest BCUT2D eigenvalue weighted by Crippen LogP contribution is -2.60.